The smallest absolute Gasteiger partial charge is 0.223 e. The average Bonchev–Trinajstić information content (AvgIpc) is 2.88. The standard InChI is InChI=1S/C13H23N5O/c1-9-12(2,3)6-7-18(9)10(19)8-13(4,5)11-14-16-17-15-11/h9H,6-8H2,1-5H3,(H,14,15,16,17). The number of carbonyl (C=O) groups excluding carboxylic acids is 1. The van der Waals surface area contributed by atoms with Crippen LogP contribution in [-0.2, 0) is 10.2 Å². The first-order valence-corrected chi connectivity index (χ1v) is 6.77. The maximum atomic E-state index is 12.5. The zero-order chi connectivity index (χ0) is 14.3. The molecule has 6 nitrogen and oxygen atoms in total. The summed E-state index contributed by atoms with van der Waals surface area (Å²) in [6.45, 7) is 11.4. The number of hydrogen-bond donors (Lipinski definition) is 1. The highest BCUT2D eigenvalue weighted by Gasteiger charge is 2.41. The molecule has 1 aliphatic rings. The maximum Gasteiger partial charge on any atom is 0.223 e. The van der Waals surface area contributed by atoms with Crippen LogP contribution in [0.2, 0.25) is 0 Å². The lowest BCUT2D eigenvalue weighted by Gasteiger charge is -2.31. The average molecular weight is 265 g/mol. The first kappa shape index (κ1) is 14.0. The zero-order valence-electron chi connectivity index (χ0n) is 12.4. The summed E-state index contributed by atoms with van der Waals surface area (Å²) in [5, 5.41) is 14.0. The number of aromatic amines is 1. The minimum Gasteiger partial charge on any atom is -0.339 e. The summed E-state index contributed by atoms with van der Waals surface area (Å²) in [5.74, 6) is 0.764. The molecule has 1 fully saturated rings. The molecule has 1 N–H and O–H groups in total. The summed E-state index contributed by atoms with van der Waals surface area (Å²) in [6, 6.07) is 0.279. The van der Waals surface area contributed by atoms with E-state index in [2.05, 4.69) is 41.4 Å². The molecule has 1 aromatic heterocycles. The van der Waals surface area contributed by atoms with E-state index in [0.717, 1.165) is 13.0 Å². The molecule has 1 atom stereocenters. The van der Waals surface area contributed by atoms with Gasteiger partial charge in [-0.2, -0.15) is 5.21 Å². The van der Waals surface area contributed by atoms with Crippen molar-refractivity contribution in [2.75, 3.05) is 6.54 Å². The molecular formula is C13H23N5O. The highest BCUT2D eigenvalue weighted by atomic mass is 16.2. The molecule has 0 aliphatic carbocycles. The van der Waals surface area contributed by atoms with E-state index in [-0.39, 0.29) is 17.4 Å². The molecule has 6 heteroatoms. The summed E-state index contributed by atoms with van der Waals surface area (Å²) in [5.41, 5.74) is -0.192. The largest absolute Gasteiger partial charge is 0.339 e. The van der Waals surface area contributed by atoms with E-state index in [9.17, 15) is 4.79 Å². The van der Waals surface area contributed by atoms with Crippen LogP contribution in [-0.4, -0.2) is 44.0 Å². The van der Waals surface area contributed by atoms with Gasteiger partial charge >= 0.3 is 0 Å². The number of likely N-dealkylation sites (tertiary alicyclic amines) is 1. The second-order valence-corrected chi connectivity index (χ2v) is 6.80. The lowest BCUT2D eigenvalue weighted by atomic mass is 9.85. The molecule has 2 rings (SSSR count). The highest BCUT2D eigenvalue weighted by Crippen LogP contribution is 2.37. The zero-order valence-corrected chi connectivity index (χ0v) is 12.4. The van der Waals surface area contributed by atoms with Crippen molar-refractivity contribution in [3.63, 3.8) is 0 Å². The third-order valence-electron chi connectivity index (χ3n) is 4.46. The third kappa shape index (κ3) is 2.62. The van der Waals surface area contributed by atoms with Gasteiger partial charge in [0.05, 0.1) is 0 Å². The second-order valence-electron chi connectivity index (χ2n) is 6.80. The van der Waals surface area contributed by atoms with Gasteiger partial charge in [-0.05, 0) is 18.8 Å². The normalized spacial score (nSPS) is 22.8. The molecular weight excluding hydrogens is 242 g/mol. The lowest BCUT2D eigenvalue weighted by Crippen LogP contribution is -2.41. The Balaban J connectivity index is 2.06. The Morgan fingerprint density at radius 2 is 2.21 bits per heavy atom. The van der Waals surface area contributed by atoms with Crippen LogP contribution in [0.25, 0.3) is 0 Å². The van der Waals surface area contributed by atoms with E-state index in [0.29, 0.717) is 12.2 Å². The van der Waals surface area contributed by atoms with Crippen molar-refractivity contribution in [1.82, 2.24) is 25.5 Å². The molecule has 1 amide bonds. The molecule has 1 unspecified atom stereocenters. The molecule has 106 valence electrons. The first-order valence-electron chi connectivity index (χ1n) is 6.77. The van der Waals surface area contributed by atoms with Gasteiger partial charge < -0.3 is 4.90 Å². The van der Waals surface area contributed by atoms with Gasteiger partial charge in [0.2, 0.25) is 5.91 Å². The minimum absolute atomic E-state index is 0.174. The number of tetrazole rings is 1. The van der Waals surface area contributed by atoms with Gasteiger partial charge in [-0.15, -0.1) is 10.2 Å². The molecule has 1 aliphatic heterocycles. The maximum absolute atomic E-state index is 12.5. The number of rotatable bonds is 3. The van der Waals surface area contributed by atoms with Crippen LogP contribution in [0, 0.1) is 5.41 Å². The third-order valence-corrected chi connectivity index (χ3v) is 4.46. The number of carbonyl (C=O) groups is 1. The van der Waals surface area contributed by atoms with Crippen LogP contribution in [0.5, 0.6) is 0 Å². The van der Waals surface area contributed by atoms with Gasteiger partial charge in [-0.3, -0.25) is 4.79 Å². The quantitative estimate of drug-likeness (QED) is 0.899. The molecule has 1 aromatic rings. The van der Waals surface area contributed by atoms with Crippen LogP contribution in [0.15, 0.2) is 0 Å². The fourth-order valence-electron chi connectivity index (χ4n) is 2.58. The summed E-state index contributed by atoms with van der Waals surface area (Å²) in [7, 11) is 0. The number of aromatic nitrogens is 4. The second kappa shape index (κ2) is 4.58. The van der Waals surface area contributed by atoms with Crippen molar-refractivity contribution in [3.05, 3.63) is 5.82 Å². The summed E-state index contributed by atoms with van der Waals surface area (Å²) >= 11 is 0. The Morgan fingerprint density at radius 3 is 2.68 bits per heavy atom. The Labute approximate surface area is 113 Å². The molecule has 2 heterocycles. The van der Waals surface area contributed by atoms with Crippen molar-refractivity contribution in [2.45, 2.75) is 58.9 Å². The van der Waals surface area contributed by atoms with Crippen molar-refractivity contribution in [3.8, 4) is 0 Å². The molecule has 1 saturated heterocycles. The summed E-state index contributed by atoms with van der Waals surface area (Å²) in [4.78, 5) is 14.5. The van der Waals surface area contributed by atoms with Crippen molar-refractivity contribution in [2.24, 2.45) is 5.41 Å². The topological polar surface area (TPSA) is 74.8 Å². The van der Waals surface area contributed by atoms with E-state index in [1.54, 1.807) is 0 Å². The fourth-order valence-corrected chi connectivity index (χ4v) is 2.58. The van der Waals surface area contributed by atoms with E-state index in [1.165, 1.54) is 0 Å². The minimum atomic E-state index is -0.392. The molecule has 0 radical (unpaired) electrons. The SMILES string of the molecule is CC1N(C(=O)CC(C)(C)c2nn[nH]n2)CCC1(C)C. The molecule has 0 aromatic carbocycles. The Hall–Kier alpha value is -1.46. The number of nitrogens with zero attached hydrogens (tertiary/aromatic N) is 4. The predicted octanol–water partition coefficient (Wildman–Crippen LogP) is 1.51. The van der Waals surface area contributed by atoms with Crippen LogP contribution >= 0.6 is 0 Å². The van der Waals surface area contributed by atoms with Gasteiger partial charge in [0.1, 0.15) is 0 Å². The summed E-state index contributed by atoms with van der Waals surface area (Å²) < 4.78 is 0. The van der Waals surface area contributed by atoms with Crippen molar-refractivity contribution in [1.29, 1.82) is 0 Å². The van der Waals surface area contributed by atoms with Crippen molar-refractivity contribution < 1.29 is 4.79 Å². The number of amides is 1. The monoisotopic (exact) mass is 265 g/mol. The van der Waals surface area contributed by atoms with Crippen LogP contribution in [0.3, 0.4) is 0 Å². The van der Waals surface area contributed by atoms with Crippen LogP contribution in [0.1, 0.15) is 53.3 Å². The van der Waals surface area contributed by atoms with Crippen LogP contribution in [0.4, 0.5) is 0 Å². The fraction of sp³-hybridized carbons (Fsp3) is 0.846. The van der Waals surface area contributed by atoms with E-state index in [1.807, 2.05) is 18.7 Å². The Morgan fingerprint density at radius 1 is 1.53 bits per heavy atom. The summed E-state index contributed by atoms with van der Waals surface area (Å²) in [6.07, 6.45) is 1.47. The Bertz CT molecular complexity index is 452. The van der Waals surface area contributed by atoms with Crippen molar-refractivity contribution >= 4 is 5.91 Å². The lowest BCUT2D eigenvalue weighted by molar-refractivity contribution is -0.133. The van der Waals surface area contributed by atoms with E-state index >= 15 is 0 Å². The predicted molar refractivity (Wildman–Crippen MR) is 71.4 cm³/mol. The van der Waals surface area contributed by atoms with Gasteiger partial charge in [0.25, 0.3) is 0 Å². The Kier molecular flexibility index (Phi) is 3.36. The van der Waals surface area contributed by atoms with Crippen LogP contribution < -0.4 is 0 Å². The van der Waals surface area contributed by atoms with E-state index < -0.39 is 5.41 Å². The molecule has 0 saturated carbocycles. The van der Waals surface area contributed by atoms with Gasteiger partial charge in [0, 0.05) is 24.4 Å². The number of H-pyrrole nitrogens is 1. The van der Waals surface area contributed by atoms with Gasteiger partial charge in [-0.25, -0.2) is 0 Å². The number of nitrogens with one attached hydrogen (secondary N) is 1. The molecule has 19 heavy (non-hydrogen) atoms. The molecule has 0 spiro atoms. The van der Waals surface area contributed by atoms with Gasteiger partial charge in [-0.1, -0.05) is 32.9 Å². The van der Waals surface area contributed by atoms with Gasteiger partial charge in [0.15, 0.2) is 5.82 Å². The molecule has 0 bridgehead atoms. The highest BCUT2D eigenvalue weighted by molar-refractivity contribution is 5.78. The number of hydrogen-bond acceptors (Lipinski definition) is 4. The van der Waals surface area contributed by atoms with E-state index in [4.69, 9.17) is 0 Å². The first-order chi connectivity index (χ1) is 8.74.